The maximum absolute atomic E-state index is 13.9. The van der Waals surface area contributed by atoms with Crippen LogP contribution in [0.1, 0.15) is 22.5 Å². The van der Waals surface area contributed by atoms with Crippen molar-refractivity contribution in [2.45, 2.75) is 12.8 Å². The number of hydrogen-bond donors (Lipinski definition) is 3. The second-order valence-electron chi connectivity index (χ2n) is 7.12. The highest BCUT2D eigenvalue weighted by Gasteiger charge is 2.15. The second-order valence-corrected chi connectivity index (χ2v) is 7.12. The molecule has 3 N–H and O–H groups in total. The van der Waals surface area contributed by atoms with Crippen molar-refractivity contribution in [3.8, 4) is 11.3 Å². The number of carbonyl (C=O) groups is 2. The minimum Gasteiger partial charge on any atom is -0.459 e. The van der Waals surface area contributed by atoms with Crippen molar-refractivity contribution in [1.29, 1.82) is 0 Å². The van der Waals surface area contributed by atoms with Crippen molar-refractivity contribution >= 4 is 22.7 Å². The maximum atomic E-state index is 13.9. The SMILES string of the molecule is O=C(CCc1c(-c2ccccc2)[nH]c2ccc(F)cc12)NCCNC(=O)c1ccco1. The van der Waals surface area contributed by atoms with E-state index in [1.807, 2.05) is 30.3 Å². The van der Waals surface area contributed by atoms with Crippen LogP contribution in [0.4, 0.5) is 4.39 Å². The molecule has 6 nitrogen and oxygen atoms in total. The number of H-pyrrole nitrogens is 1. The van der Waals surface area contributed by atoms with Gasteiger partial charge in [-0.1, -0.05) is 30.3 Å². The third-order valence-electron chi connectivity index (χ3n) is 5.01. The average Bonchev–Trinajstić information content (AvgIpc) is 3.44. The highest BCUT2D eigenvalue weighted by Crippen LogP contribution is 2.31. The number of nitrogens with one attached hydrogen (secondary N) is 3. The molecule has 0 fully saturated rings. The highest BCUT2D eigenvalue weighted by atomic mass is 19.1. The first-order chi connectivity index (χ1) is 15.1. The van der Waals surface area contributed by atoms with Crippen molar-refractivity contribution in [1.82, 2.24) is 15.6 Å². The van der Waals surface area contributed by atoms with E-state index in [9.17, 15) is 14.0 Å². The first-order valence-electron chi connectivity index (χ1n) is 10.1. The maximum Gasteiger partial charge on any atom is 0.287 e. The molecule has 0 bridgehead atoms. The van der Waals surface area contributed by atoms with E-state index in [4.69, 9.17) is 4.42 Å². The van der Waals surface area contributed by atoms with Crippen LogP contribution in [-0.4, -0.2) is 29.9 Å². The molecule has 4 rings (SSSR count). The summed E-state index contributed by atoms with van der Waals surface area (Å²) in [6.45, 7) is 0.595. The Hall–Kier alpha value is -3.87. The number of furan rings is 1. The van der Waals surface area contributed by atoms with E-state index in [0.717, 1.165) is 27.7 Å². The van der Waals surface area contributed by atoms with Crippen LogP contribution in [0.5, 0.6) is 0 Å². The lowest BCUT2D eigenvalue weighted by molar-refractivity contribution is -0.121. The number of carbonyl (C=O) groups excluding carboxylic acids is 2. The van der Waals surface area contributed by atoms with Crippen molar-refractivity contribution in [3.05, 3.63) is 84.1 Å². The molecule has 4 aromatic rings. The molecule has 0 spiro atoms. The summed E-state index contributed by atoms with van der Waals surface area (Å²) in [5.74, 6) is -0.556. The first-order valence-corrected chi connectivity index (χ1v) is 10.1. The van der Waals surface area contributed by atoms with Gasteiger partial charge in [0.05, 0.1) is 6.26 Å². The second kappa shape index (κ2) is 9.30. The van der Waals surface area contributed by atoms with E-state index in [1.165, 1.54) is 18.4 Å². The van der Waals surface area contributed by atoms with E-state index < -0.39 is 0 Å². The van der Waals surface area contributed by atoms with Gasteiger partial charge in [0.2, 0.25) is 5.91 Å². The number of aryl methyl sites for hydroxylation is 1. The van der Waals surface area contributed by atoms with Gasteiger partial charge in [-0.2, -0.15) is 0 Å². The minimum absolute atomic E-state index is 0.142. The van der Waals surface area contributed by atoms with E-state index in [1.54, 1.807) is 18.2 Å². The Labute approximate surface area is 178 Å². The highest BCUT2D eigenvalue weighted by molar-refractivity contribution is 5.92. The van der Waals surface area contributed by atoms with Gasteiger partial charge in [-0.05, 0) is 47.9 Å². The van der Waals surface area contributed by atoms with E-state index in [0.29, 0.717) is 19.5 Å². The smallest absolute Gasteiger partial charge is 0.287 e. The predicted molar refractivity (Wildman–Crippen MR) is 116 cm³/mol. The zero-order chi connectivity index (χ0) is 21.6. The van der Waals surface area contributed by atoms with Crippen LogP contribution in [-0.2, 0) is 11.2 Å². The summed E-state index contributed by atoms with van der Waals surface area (Å²) in [6, 6.07) is 17.6. The summed E-state index contributed by atoms with van der Waals surface area (Å²) in [4.78, 5) is 27.5. The Morgan fingerprint density at radius 3 is 2.55 bits per heavy atom. The molecule has 0 saturated heterocycles. The van der Waals surface area contributed by atoms with Crippen LogP contribution in [0, 0.1) is 5.82 Å². The standard InChI is InChI=1S/C24H22FN3O3/c25-17-8-10-20-19(15-17)18(23(28-20)16-5-2-1-3-6-16)9-11-22(29)26-12-13-27-24(30)21-7-4-14-31-21/h1-8,10,14-15,28H,9,11-13H2,(H,26,29)(H,27,30). The predicted octanol–water partition coefficient (Wildman–Crippen LogP) is 4.05. The lowest BCUT2D eigenvalue weighted by Gasteiger charge is -2.08. The molecule has 0 aliphatic rings. The molecule has 0 aliphatic carbocycles. The van der Waals surface area contributed by atoms with E-state index >= 15 is 0 Å². The zero-order valence-corrected chi connectivity index (χ0v) is 16.8. The normalized spacial score (nSPS) is 10.9. The van der Waals surface area contributed by atoms with Crippen LogP contribution in [0.25, 0.3) is 22.2 Å². The van der Waals surface area contributed by atoms with Gasteiger partial charge in [0.1, 0.15) is 5.82 Å². The average molecular weight is 419 g/mol. The Balaban J connectivity index is 1.38. The number of halogens is 1. The summed E-state index contributed by atoms with van der Waals surface area (Å²) in [5, 5.41) is 6.25. The van der Waals surface area contributed by atoms with Gasteiger partial charge in [0, 0.05) is 36.1 Å². The number of aromatic amines is 1. The number of hydrogen-bond acceptors (Lipinski definition) is 3. The molecular weight excluding hydrogens is 397 g/mol. The lowest BCUT2D eigenvalue weighted by atomic mass is 10.0. The Kier molecular flexibility index (Phi) is 6.12. The van der Waals surface area contributed by atoms with E-state index in [2.05, 4.69) is 15.6 Å². The van der Waals surface area contributed by atoms with Gasteiger partial charge in [-0.15, -0.1) is 0 Å². The zero-order valence-electron chi connectivity index (χ0n) is 16.8. The summed E-state index contributed by atoms with van der Waals surface area (Å²) >= 11 is 0. The largest absolute Gasteiger partial charge is 0.459 e. The fraction of sp³-hybridized carbons (Fsp3) is 0.167. The Bertz CT molecular complexity index is 1180. The fourth-order valence-electron chi connectivity index (χ4n) is 3.53. The molecule has 158 valence electrons. The van der Waals surface area contributed by atoms with Crippen LogP contribution in [0.3, 0.4) is 0 Å². The van der Waals surface area contributed by atoms with Gasteiger partial charge >= 0.3 is 0 Å². The van der Waals surface area contributed by atoms with Crippen molar-refractivity contribution in [2.75, 3.05) is 13.1 Å². The molecule has 31 heavy (non-hydrogen) atoms. The van der Waals surface area contributed by atoms with E-state index in [-0.39, 0.29) is 29.8 Å². The number of fused-ring (bicyclic) bond motifs is 1. The molecule has 0 unspecified atom stereocenters. The quantitative estimate of drug-likeness (QED) is 0.377. The lowest BCUT2D eigenvalue weighted by Crippen LogP contribution is -2.34. The first kappa shape index (κ1) is 20.4. The molecule has 0 radical (unpaired) electrons. The van der Waals surface area contributed by atoms with Gasteiger partial charge < -0.3 is 20.0 Å². The van der Waals surface area contributed by atoms with Crippen LogP contribution in [0.15, 0.2) is 71.3 Å². The summed E-state index contributed by atoms with van der Waals surface area (Å²) in [5.41, 5.74) is 3.60. The number of aromatic nitrogens is 1. The molecule has 0 saturated carbocycles. The number of amides is 2. The fourth-order valence-corrected chi connectivity index (χ4v) is 3.53. The molecular formula is C24H22FN3O3. The third kappa shape index (κ3) is 4.83. The van der Waals surface area contributed by atoms with Crippen molar-refractivity contribution in [3.63, 3.8) is 0 Å². The van der Waals surface area contributed by atoms with Gasteiger partial charge in [-0.25, -0.2) is 4.39 Å². The van der Waals surface area contributed by atoms with Gasteiger partial charge in [-0.3, -0.25) is 9.59 Å². The molecule has 0 aliphatic heterocycles. The minimum atomic E-state index is -0.326. The van der Waals surface area contributed by atoms with Gasteiger partial charge in [0.25, 0.3) is 5.91 Å². The molecule has 2 amide bonds. The van der Waals surface area contributed by atoms with Crippen LogP contribution in [0.2, 0.25) is 0 Å². The van der Waals surface area contributed by atoms with Crippen molar-refractivity contribution < 1.29 is 18.4 Å². The summed E-state index contributed by atoms with van der Waals surface area (Å²) < 4.78 is 18.9. The van der Waals surface area contributed by atoms with Crippen LogP contribution >= 0.6 is 0 Å². The molecule has 2 aromatic heterocycles. The van der Waals surface area contributed by atoms with Gasteiger partial charge in [0.15, 0.2) is 5.76 Å². The molecule has 7 heteroatoms. The Morgan fingerprint density at radius 1 is 0.968 bits per heavy atom. The topological polar surface area (TPSA) is 87.1 Å². The molecule has 2 aromatic carbocycles. The van der Waals surface area contributed by atoms with Crippen molar-refractivity contribution in [2.24, 2.45) is 0 Å². The van der Waals surface area contributed by atoms with Crippen LogP contribution < -0.4 is 10.6 Å². The number of rotatable bonds is 8. The third-order valence-corrected chi connectivity index (χ3v) is 5.01. The monoisotopic (exact) mass is 419 g/mol. The molecule has 2 heterocycles. The Morgan fingerprint density at radius 2 is 1.77 bits per heavy atom. The summed E-state index contributed by atoms with van der Waals surface area (Å²) in [6.07, 6.45) is 2.13. The molecule has 0 atom stereocenters. The number of benzene rings is 2. The summed E-state index contributed by atoms with van der Waals surface area (Å²) in [7, 11) is 0.